The molecule has 2 aromatic rings. The summed E-state index contributed by atoms with van der Waals surface area (Å²) in [5, 5.41) is 8.43. The van der Waals surface area contributed by atoms with Crippen LogP contribution in [0, 0.1) is 0 Å². The number of hydrogen-bond acceptors (Lipinski definition) is 3. The van der Waals surface area contributed by atoms with E-state index in [1.54, 1.807) is 6.20 Å². The smallest absolute Gasteiger partial charge is 0.124 e. The summed E-state index contributed by atoms with van der Waals surface area (Å²) in [7, 11) is 1.94. The van der Waals surface area contributed by atoms with Gasteiger partial charge in [0.25, 0.3) is 0 Å². The zero-order chi connectivity index (χ0) is 14.8. The summed E-state index contributed by atoms with van der Waals surface area (Å²) in [6.45, 7) is 3.00. The molecule has 0 fully saturated rings. The molecule has 3 rings (SSSR count). The summed E-state index contributed by atoms with van der Waals surface area (Å²) < 4.78 is 8.09. The molecule has 1 aromatic heterocycles. The molecule has 2 unspecified atom stereocenters. The lowest BCUT2D eigenvalue weighted by Crippen LogP contribution is -2.34. The average Bonchev–Trinajstić information content (AvgIpc) is 3.06. The Bertz CT molecular complexity index is 601. The summed E-state index contributed by atoms with van der Waals surface area (Å²) in [5.74, 6) is 0.973. The van der Waals surface area contributed by atoms with Crippen LogP contribution in [0.1, 0.15) is 30.6 Å². The third-order valence-corrected chi connectivity index (χ3v) is 4.21. The van der Waals surface area contributed by atoms with Gasteiger partial charge in [0.15, 0.2) is 0 Å². The van der Waals surface area contributed by atoms with Crippen LogP contribution in [-0.4, -0.2) is 22.9 Å². The molecule has 0 saturated carbocycles. The van der Waals surface area contributed by atoms with Crippen LogP contribution in [-0.2, 0) is 13.0 Å². The molecule has 2 heterocycles. The number of halogens is 1. The highest BCUT2D eigenvalue weighted by Crippen LogP contribution is 2.35. The molecule has 0 bridgehead atoms. The van der Waals surface area contributed by atoms with Crippen LogP contribution >= 0.6 is 11.6 Å². The molecule has 0 radical (unpaired) electrons. The van der Waals surface area contributed by atoms with Crippen molar-refractivity contribution in [1.29, 1.82) is 0 Å². The van der Waals surface area contributed by atoms with Gasteiger partial charge in [0.1, 0.15) is 11.9 Å². The van der Waals surface area contributed by atoms with Crippen LogP contribution in [0.3, 0.4) is 0 Å². The van der Waals surface area contributed by atoms with Crippen LogP contribution < -0.4 is 10.1 Å². The monoisotopic (exact) mass is 305 g/mol. The second kappa shape index (κ2) is 6.08. The highest BCUT2D eigenvalue weighted by molar-refractivity contribution is 6.31. The van der Waals surface area contributed by atoms with Crippen molar-refractivity contribution in [2.45, 2.75) is 38.5 Å². The molecule has 21 heavy (non-hydrogen) atoms. The molecule has 5 heteroatoms. The van der Waals surface area contributed by atoms with E-state index in [-0.39, 0.29) is 12.1 Å². The van der Waals surface area contributed by atoms with E-state index in [0.29, 0.717) is 5.02 Å². The normalized spacial score (nSPS) is 18.3. The van der Waals surface area contributed by atoms with Crippen molar-refractivity contribution in [2.75, 3.05) is 7.05 Å². The van der Waals surface area contributed by atoms with Crippen molar-refractivity contribution in [3.05, 3.63) is 46.7 Å². The topological polar surface area (TPSA) is 39.1 Å². The fourth-order valence-corrected chi connectivity index (χ4v) is 3.22. The number of fused-ring (bicyclic) bond motifs is 1. The zero-order valence-electron chi connectivity index (χ0n) is 12.3. The highest BCUT2D eigenvalue weighted by Gasteiger charge is 2.33. The molecular weight excluding hydrogens is 286 g/mol. The molecule has 0 aliphatic carbocycles. The number of ether oxygens (including phenoxy) is 1. The van der Waals surface area contributed by atoms with Gasteiger partial charge in [-0.05, 0) is 25.1 Å². The van der Waals surface area contributed by atoms with Gasteiger partial charge in [0.2, 0.25) is 0 Å². The number of aromatic nitrogens is 2. The number of para-hydroxylation sites is 1. The Morgan fingerprint density at radius 1 is 1.48 bits per heavy atom. The molecule has 1 aromatic carbocycles. The maximum atomic E-state index is 6.37. The van der Waals surface area contributed by atoms with Gasteiger partial charge in [0.05, 0.1) is 23.0 Å². The lowest BCUT2D eigenvalue weighted by atomic mass is 10.0. The Morgan fingerprint density at radius 2 is 2.29 bits per heavy atom. The minimum absolute atomic E-state index is 0.0268. The number of benzene rings is 1. The average molecular weight is 306 g/mol. The van der Waals surface area contributed by atoms with Gasteiger partial charge in [-0.1, -0.05) is 36.7 Å². The van der Waals surface area contributed by atoms with Gasteiger partial charge >= 0.3 is 0 Å². The fraction of sp³-hybridized carbons (Fsp3) is 0.438. The fourth-order valence-electron chi connectivity index (χ4n) is 2.96. The largest absolute Gasteiger partial charge is 0.488 e. The van der Waals surface area contributed by atoms with E-state index >= 15 is 0 Å². The molecule has 4 nitrogen and oxygen atoms in total. The van der Waals surface area contributed by atoms with Crippen molar-refractivity contribution >= 4 is 11.6 Å². The van der Waals surface area contributed by atoms with E-state index in [2.05, 4.69) is 23.4 Å². The Morgan fingerprint density at radius 3 is 3.00 bits per heavy atom. The molecule has 112 valence electrons. The van der Waals surface area contributed by atoms with Crippen LogP contribution in [0.5, 0.6) is 5.75 Å². The molecule has 2 atom stereocenters. The van der Waals surface area contributed by atoms with Crippen LogP contribution in [0.25, 0.3) is 0 Å². The number of nitrogens with zero attached hydrogens (tertiary/aromatic N) is 2. The third kappa shape index (κ3) is 2.65. The van der Waals surface area contributed by atoms with E-state index in [1.165, 1.54) is 5.56 Å². The zero-order valence-corrected chi connectivity index (χ0v) is 13.1. The van der Waals surface area contributed by atoms with Crippen molar-refractivity contribution in [3.8, 4) is 5.75 Å². The van der Waals surface area contributed by atoms with E-state index in [0.717, 1.165) is 30.8 Å². The molecule has 0 saturated heterocycles. The van der Waals surface area contributed by atoms with Gasteiger partial charge in [-0.15, -0.1) is 0 Å². The van der Waals surface area contributed by atoms with Crippen molar-refractivity contribution in [1.82, 2.24) is 15.1 Å². The lowest BCUT2D eigenvalue weighted by molar-refractivity contribution is 0.178. The molecule has 1 N–H and O–H groups in total. The molecule has 1 aliphatic heterocycles. The van der Waals surface area contributed by atoms with Crippen LogP contribution in [0.4, 0.5) is 0 Å². The number of rotatable bonds is 5. The minimum atomic E-state index is 0.0268. The quantitative estimate of drug-likeness (QED) is 0.922. The number of aryl methyl sites for hydroxylation is 1. The predicted molar refractivity (Wildman–Crippen MR) is 83.9 cm³/mol. The lowest BCUT2D eigenvalue weighted by Gasteiger charge is -2.24. The van der Waals surface area contributed by atoms with Crippen LogP contribution in [0.2, 0.25) is 5.02 Å². The minimum Gasteiger partial charge on any atom is -0.488 e. The first-order valence-corrected chi connectivity index (χ1v) is 7.75. The molecular formula is C16H20ClN3O. The maximum absolute atomic E-state index is 6.37. The van der Waals surface area contributed by atoms with Crippen LogP contribution in [0.15, 0.2) is 30.5 Å². The van der Waals surface area contributed by atoms with Crippen molar-refractivity contribution < 1.29 is 4.74 Å². The summed E-state index contributed by atoms with van der Waals surface area (Å²) in [5.41, 5.74) is 2.26. The first kappa shape index (κ1) is 14.4. The molecule has 0 spiro atoms. The summed E-state index contributed by atoms with van der Waals surface area (Å²) in [6.07, 6.45) is 3.67. The highest BCUT2D eigenvalue weighted by atomic mass is 35.5. The molecule has 0 amide bonds. The second-order valence-corrected chi connectivity index (χ2v) is 5.74. The van der Waals surface area contributed by atoms with Gasteiger partial charge in [-0.25, -0.2) is 0 Å². The molecule has 1 aliphatic rings. The second-order valence-electron chi connectivity index (χ2n) is 5.34. The van der Waals surface area contributed by atoms with Crippen molar-refractivity contribution in [3.63, 3.8) is 0 Å². The first-order chi connectivity index (χ1) is 10.2. The van der Waals surface area contributed by atoms with E-state index in [1.807, 2.05) is 29.9 Å². The Hall–Kier alpha value is -1.52. The standard InChI is InChI=1S/C16H20ClN3O/c1-3-8-20-16(12(17)10-19-20)15(18-2)14-9-11-6-4-5-7-13(11)21-14/h4-7,10,14-15,18H,3,8-9H2,1-2H3. The number of likely N-dealkylation sites (N-methyl/N-ethyl adjacent to an activating group) is 1. The van der Waals surface area contributed by atoms with E-state index in [4.69, 9.17) is 16.3 Å². The SMILES string of the molecule is CCCn1ncc(Cl)c1C(NC)C1Cc2ccccc2O1. The Balaban J connectivity index is 1.89. The number of nitrogens with one attached hydrogen (secondary N) is 1. The van der Waals surface area contributed by atoms with Gasteiger partial charge < -0.3 is 10.1 Å². The van der Waals surface area contributed by atoms with E-state index in [9.17, 15) is 0 Å². The first-order valence-electron chi connectivity index (χ1n) is 7.37. The van der Waals surface area contributed by atoms with Gasteiger partial charge in [0, 0.05) is 13.0 Å². The van der Waals surface area contributed by atoms with E-state index < -0.39 is 0 Å². The summed E-state index contributed by atoms with van der Waals surface area (Å²) in [4.78, 5) is 0. The Labute approximate surface area is 130 Å². The third-order valence-electron chi connectivity index (χ3n) is 3.92. The van der Waals surface area contributed by atoms with Crippen molar-refractivity contribution in [2.24, 2.45) is 0 Å². The predicted octanol–water partition coefficient (Wildman–Crippen LogP) is 3.21. The Kier molecular flexibility index (Phi) is 4.17. The maximum Gasteiger partial charge on any atom is 0.124 e. The summed E-state index contributed by atoms with van der Waals surface area (Å²) >= 11 is 6.37. The number of hydrogen-bond donors (Lipinski definition) is 1. The summed E-state index contributed by atoms with van der Waals surface area (Å²) in [6, 6.07) is 8.22. The van der Waals surface area contributed by atoms with Gasteiger partial charge in [-0.2, -0.15) is 5.10 Å². The van der Waals surface area contributed by atoms with Gasteiger partial charge in [-0.3, -0.25) is 4.68 Å².